The third-order valence-corrected chi connectivity index (χ3v) is 4.35. The summed E-state index contributed by atoms with van der Waals surface area (Å²) in [5, 5.41) is 19.1. The van der Waals surface area contributed by atoms with Gasteiger partial charge in [0, 0.05) is 12.2 Å². The number of ketones is 1. The minimum Gasteiger partial charge on any atom is -0.396 e. The van der Waals surface area contributed by atoms with Crippen molar-refractivity contribution in [1.29, 1.82) is 0 Å². The zero-order chi connectivity index (χ0) is 13.8. The Bertz CT molecular complexity index is 564. The number of aliphatic hydroxyl groups excluding tert-OH is 2. The van der Waals surface area contributed by atoms with E-state index in [0.29, 0.717) is 5.56 Å². The number of carbonyl (C=O) groups excluding carboxylic acids is 1. The lowest BCUT2D eigenvalue weighted by molar-refractivity contribution is -0.0859. The van der Waals surface area contributed by atoms with Crippen molar-refractivity contribution in [2.24, 2.45) is 5.41 Å². The van der Waals surface area contributed by atoms with Gasteiger partial charge in [-0.2, -0.15) is 0 Å². The number of Topliss-reactive ketones (excluding diaryl/α,β-unsaturated/α-hetero) is 1. The van der Waals surface area contributed by atoms with Gasteiger partial charge < -0.3 is 14.9 Å². The summed E-state index contributed by atoms with van der Waals surface area (Å²) in [6, 6.07) is 2.00. The molecule has 0 aromatic heterocycles. The number of aliphatic hydroxyl groups is 2. The first-order chi connectivity index (χ1) is 8.95. The molecule has 0 bridgehead atoms. The molecule has 0 spiro atoms. The van der Waals surface area contributed by atoms with Crippen LogP contribution >= 0.6 is 0 Å². The Labute approximate surface area is 112 Å². The second-order valence-corrected chi connectivity index (χ2v) is 6.02. The molecule has 0 unspecified atom stereocenters. The molecule has 1 heterocycles. The van der Waals surface area contributed by atoms with Gasteiger partial charge in [0.1, 0.15) is 0 Å². The van der Waals surface area contributed by atoms with E-state index in [1.165, 1.54) is 5.56 Å². The van der Waals surface area contributed by atoms with Gasteiger partial charge in [-0.25, -0.2) is 0 Å². The number of hydrogen-bond donors (Lipinski definition) is 2. The van der Waals surface area contributed by atoms with Crippen LogP contribution in [0.2, 0.25) is 0 Å². The molecule has 0 radical (unpaired) electrons. The summed E-state index contributed by atoms with van der Waals surface area (Å²) < 4.78 is 5.07. The topological polar surface area (TPSA) is 66.8 Å². The summed E-state index contributed by atoms with van der Waals surface area (Å²) in [5.41, 5.74) is 4.61. The van der Waals surface area contributed by atoms with Gasteiger partial charge in [-0.05, 0) is 47.4 Å². The number of fused-ring (bicyclic) bond motifs is 2. The first-order valence-corrected chi connectivity index (χ1v) is 6.54. The summed E-state index contributed by atoms with van der Waals surface area (Å²) in [7, 11) is 0. The number of carbonyl (C=O) groups is 1. The molecule has 0 amide bonds. The lowest BCUT2D eigenvalue weighted by atomic mass is 9.88. The van der Waals surface area contributed by atoms with E-state index < -0.39 is 6.29 Å². The number of hydrogen-bond acceptors (Lipinski definition) is 4. The number of benzene rings is 1. The molecule has 2 atom stereocenters. The Morgan fingerprint density at radius 1 is 1.42 bits per heavy atom. The quantitative estimate of drug-likeness (QED) is 0.796. The number of ether oxygens (including phenoxy) is 1. The summed E-state index contributed by atoms with van der Waals surface area (Å²) in [6.45, 7) is 4.39. The van der Waals surface area contributed by atoms with Gasteiger partial charge in [0.2, 0.25) is 12.1 Å². The second kappa shape index (κ2) is 4.13. The van der Waals surface area contributed by atoms with E-state index in [1.54, 1.807) is 0 Å². The highest BCUT2D eigenvalue weighted by atomic mass is 16.6. The van der Waals surface area contributed by atoms with Gasteiger partial charge in [-0.1, -0.05) is 13.0 Å². The fourth-order valence-corrected chi connectivity index (χ4v) is 3.29. The molecule has 3 rings (SSSR count). The van der Waals surface area contributed by atoms with Crippen molar-refractivity contribution in [3.63, 3.8) is 0 Å². The Morgan fingerprint density at radius 3 is 2.84 bits per heavy atom. The van der Waals surface area contributed by atoms with Crippen LogP contribution in [-0.2, 0) is 24.2 Å². The van der Waals surface area contributed by atoms with Crippen molar-refractivity contribution in [3.05, 3.63) is 33.9 Å². The standard InChI is InChI=1S/C15H18O4/c1-8-11-5-15(2,7-16)4-9(11)3-10-6-19-14(18)13(17)12(8)10/h3,14,16,18H,4-7H2,1-2H3/t14-,15-/m1/s1. The van der Waals surface area contributed by atoms with Gasteiger partial charge in [0.25, 0.3) is 0 Å². The van der Waals surface area contributed by atoms with E-state index in [9.17, 15) is 15.0 Å². The molecule has 1 aromatic rings. The van der Waals surface area contributed by atoms with Gasteiger partial charge >= 0.3 is 0 Å². The van der Waals surface area contributed by atoms with E-state index >= 15 is 0 Å². The normalized spacial score (nSPS) is 29.3. The average molecular weight is 262 g/mol. The van der Waals surface area contributed by atoms with Gasteiger partial charge in [-0.15, -0.1) is 0 Å². The van der Waals surface area contributed by atoms with Crippen molar-refractivity contribution in [3.8, 4) is 0 Å². The third-order valence-electron chi connectivity index (χ3n) is 4.35. The molecular weight excluding hydrogens is 244 g/mol. The Balaban J connectivity index is 2.13. The molecule has 0 saturated carbocycles. The minimum absolute atomic E-state index is 0.138. The monoisotopic (exact) mass is 262 g/mol. The Kier molecular flexibility index (Phi) is 2.78. The molecule has 19 heavy (non-hydrogen) atoms. The van der Waals surface area contributed by atoms with Crippen LogP contribution in [0.4, 0.5) is 0 Å². The molecule has 1 aliphatic heterocycles. The Morgan fingerprint density at radius 2 is 2.16 bits per heavy atom. The highest BCUT2D eigenvalue weighted by molar-refractivity contribution is 6.02. The van der Waals surface area contributed by atoms with Crippen LogP contribution in [0, 0.1) is 12.3 Å². The minimum atomic E-state index is -1.34. The van der Waals surface area contributed by atoms with Gasteiger partial charge in [0.05, 0.1) is 6.61 Å². The lowest BCUT2D eigenvalue weighted by Gasteiger charge is -2.23. The van der Waals surface area contributed by atoms with E-state index in [-0.39, 0.29) is 24.4 Å². The van der Waals surface area contributed by atoms with E-state index in [0.717, 1.165) is 29.5 Å². The van der Waals surface area contributed by atoms with Crippen LogP contribution < -0.4 is 0 Å². The van der Waals surface area contributed by atoms with Crippen LogP contribution in [-0.4, -0.2) is 28.9 Å². The molecule has 4 heteroatoms. The average Bonchev–Trinajstić information content (AvgIpc) is 2.72. The summed E-state index contributed by atoms with van der Waals surface area (Å²) in [5.74, 6) is -0.348. The van der Waals surface area contributed by atoms with Gasteiger partial charge in [0.15, 0.2) is 0 Å². The SMILES string of the molecule is Cc1c2c(cc3c1C(=O)[C@H](O)OC3)C[C@@](C)(CO)C2. The molecule has 102 valence electrons. The Hall–Kier alpha value is -1.23. The predicted molar refractivity (Wildman–Crippen MR) is 68.9 cm³/mol. The highest BCUT2D eigenvalue weighted by Gasteiger charge is 2.37. The zero-order valence-electron chi connectivity index (χ0n) is 11.2. The fraction of sp³-hybridized carbons (Fsp3) is 0.533. The summed E-state index contributed by atoms with van der Waals surface area (Å²) in [4.78, 5) is 12.0. The molecule has 0 saturated heterocycles. The van der Waals surface area contributed by atoms with Crippen LogP contribution in [0.3, 0.4) is 0 Å². The maximum atomic E-state index is 12.0. The molecule has 1 aliphatic carbocycles. The zero-order valence-corrected chi connectivity index (χ0v) is 11.2. The van der Waals surface area contributed by atoms with Crippen LogP contribution in [0.25, 0.3) is 0 Å². The molecule has 2 aliphatic rings. The van der Waals surface area contributed by atoms with Crippen LogP contribution in [0.1, 0.15) is 39.5 Å². The maximum absolute atomic E-state index is 12.0. The number of rotatable bonds is 1. The van der Waals surface area contributed by atoms with E-state index in [1.807, 2.05) is 13.0 Å². The first kappa shape index (κ1) is 12.8. The second-order valence-electron chi connectivity index (χ2n) is 6.02. The van der Waals surface area contributed by atoms with Gasteiger partial charge in [-0.3, -0.25) is 4.79 Å². The largest absolute Gasteiger partial charge is 0.396 e. The lowest BCUT2D eigenvalue weighted by Crippen LogP contribution is -2.30. The molecule has 4 nitrogen and oxygen atoms in total. The van der Waals surface area contributed by atoms with Crippen LogP contribution in [0.15, 0.2) is 6.07 Å². The molecule has 0 fully saturated rings. The van der Waals surface area contributed by atoms with Crippen LogP contribution in [0.5, 0.6) is 0 Å². The van der Waals surface area contributed by atoms with Crippen molar-refractivity contribution >= 4 is 5.78 Å². The van der Waals surface area contributed by atoms with Crippen molar-refractivity contribution in [2.75, 3.05) is 6.61 Å². The maximum Gasteiger partial charge on any atom is 0.220 e. The summed E-state index contributed by atoms with van der Waals surface area (Å²) in [6.07, 6.45) is 0.265. The van der Waals surface area contributed by atoms with Crippen molar-refractivity contribution in [2.45, 2.75) is 39.6 Å². The van der Waals surface area contributed by atoms with Crippen molar-refractivity contribution in [1.82, 2.24) is 0 Å². The predicted octanol–water partition coefficient (Wildman–Crippen LogP) is 1.12. The smallest absolute Gasteiger partial charge is 0.220 e. The molecule has 1 aromatic carbocycles. The first-order valence-electron chi connectivity index (χ1n) is 6.54. The third kappa shape index (κ3) is 1.83. The molecular formula is C15H18O4. The highest BCUT2D eigenvalue weighted by Crippen LogP contribution is 2.41. The van der Waals surface area contributed by atoms with E-state index in [2.05, 4.69) is 6.92 Å². The van der Waals surface area contributed by atoms with E-state index in [4.69, 9.17) is 4.74 Å². The molecule has 2 N–H and O–H groups in total. The fourth-order valence-electron chi connectivity index (χ4n) is 3.29. The van der Waals surface area contributed by atoms with Crippen molar-refractivity contribution < 1.29 is 19.7 Å². The summed E-state index contributed by atoms with van der Waals surface area (Å²) >= 11 is 0.